The fraction of sp³-hybridized carbons (Fsp3) is 0.158. The summed E-state index contributed by atoms with van der Waals surface area (Å²) in [4.78, 5) is 2.28. The summed E-state index contributed by atoms with van der Waals surface area (Å²) in [5, 5.41) is 8.79. The Kier molecular flexibility index (Phi) is 3.42. The van der Waals surface area contributed by atoms with Gasteiger partial charge in [-0.05, 0) is 41.8 Å². The van der Waals surface area contributed by atoms with Crippen LogP contribution >= 0.6 is 0 Å². The van der Waals surface area contributed by atoms with Gasteiger partial charge in [0, 0.05) is 24.3 Å². The minimum Gasteiger partial charge on any atom is -0.399 e. The summed E-state index contributed by atoms with van der Waals surface area (Å²) >= 11 is 0. The van der Waals surface area contributed by atoms with Gasteiger partial charge in [-0.1, -0.05) is 36.4 Å². The minimum atomic E-state index is 0.737. The van der Waals surface area contributed by atoms with Crippen LogP contribution in [0.3, 0.4) is 0 Å². The number of benzene rings is 2. The molecule has 0 atom stereocenters. The maximum atomic E-state index is 5.83. The topological polar surface area (TPSA) is 55.0 Å². The predicted octanol–water partition coefficient (Wildman–Crippen LogP) is 3.29. The Morgan fingerprint density at radius 2 is 1.74 bits per heavy atom. The van der Waals surface area contributed by atoms with Crippen molar-refractivity contribution in [2.24, 2.45) is 0 Å². The first-order valence-electron chi connectivity index (χ1n) is 7.81. The highest BCUT2D eigenvalue weighted by molar-refractivity contribution is 5.64. The van der Waals surface area contributed by atoms with Crippen molar-refractivity contribution in [3.63, 3.8) is 0 Å². The highest BCUT2D eigenvalue weighted by atomic mass is 15.3. The second-order valence-corrected chi connectivity index (χ2v) is 5.84. The summed E-state index contributed by atoms with van der Waals surface area (Å²) in [5.41, 5.74) is 11.2. The summed E-state index contributed by atoms with van der Waals surface area (Å²) in [6.07, 6.45) is 1.05. The monoisotopic (exact) mass is 302 g/mol. The number of hydrogen-bond donors (Lipinski definition) is 1. The molecule has 4 nitrogen and oxygen atoms in total. The van der Waals surface area contributed by atoms with E-state index in [0.717, 1.165) is 42.3 Å². The molecule has 3 aromatic rings. The molecule has 0 fully saturated rings. The van der Waals surface area contributed by atoms with E-state index in [9.17, 15) is 0 Å². The van der Waals surface area contributed by atoms with E-state index in [0.29, 0.717) is 0 Å². The number of anilines is 2. The van der Waals surface area contributed by atoms with Gasteiger partial charge in [-0.2, -0.15) is 0 Å². The quantitative estimate of drug-likeness (QED) is 0.738. The number of fused-ring (bicyclic) bond motifs is 1. The Morgan fingerprint density at radius 1 is 0.870 bits per heavy atom. The molecule has 0 radical (unpaired) electrons. The molecule has 2 heterocycles. The molecule has 0 amide bonds. The molecule has 23 heavy (non-hydrogen) atoms. The van der Waals surface area contributed by atoms with Crippen molar-refractivity contribution in [1.82, 2.24) is 10.2 Å². The van der Waals surface area contributed by atoms with Crippen molar-refractivity contribution in [2.45, 2.75) is 13.0 Å². The highest BCUT2D eigenvalue weighted by Gasteiger charge is 2.17. The van der Waals surface area contributed by atoms with Gasteiger partial charge in [0.05, 0.1) is 5.69 Å². The zero-order chi connectivity index (χ0) is 15.6. The molecule has 1 aliphatic heterocycles. The van der Waals surface area contributed by atoms with Crippen molar-refractivity contribution < 1.29 is 0 Å². The zero-order valence-electron chi connectivity index (χ0n) is 12.8. The Bertz CT molecular complexity index is 827. The number of nitrogens with zero attached hydrogens (tertiary/aromatic N) is 3. The predicted molar refractivity (Wildman–Crippen MR) is 93.1 cm³/mol. The van der Waals surface area contributed by atoms with Crippen LogP contribution in [0.5, 0.6) is 0 Å². The van der Waals surface area contributed by atoms with Gasteiger partial charge in [0.1, 0.15) is 0 Å². The van der Waals surface area contributed by atoms with Crippen molar-refractivity contribution >= 4 is 11.5 Å². The number of aromatic nitrogens is 2. The van der Waals surface area contributed by atoms with Crippen molar-refractivity contribution in [3.8, 4) is 11.3 Å². The van der Waals surface area contributed by atoms with Crippen LogP contribution in [0.4, 0.5) is 11.5 Å². The molecule has 0 aliphatic carbocycles. The van der Waals surface area contributed by atoms with E-state index in [1.54, 1.807) is 0 Å². The van der Waals surface area contributed by atoms with Gasteiger partial charge in [0.2, 0.25) is 0 Å². The minimum absolute atomic E-state index is 0.737. The van der Waals surface area contributed by atoms with Crippen LogP contribution in [-0.4, -0.2) is 16.7 Å². The van der Waals surface area contributed by atoms with E-state index < -0.39 is 0 Å². The lowest BCUT2D eigenvalue weighted by Crippen LogP contribution is -2.31. The summed E-state index contributed by atoms with van der Waals surface area (Å²) in [6.45, 7) is 1.87. The van der Waals surface area contributed by atoms with Crippen LogP contribution in [0.15, 0.2) is 60.7 Å². The normalized spacial score (nSPS) is 13.7. The van der Waals surface area contributed by atoms with Gasteiger partial charge in [-0.15, -0.1) is 10.2 Å². The first-order chi connectivity index (χ1) is 11.3. The molecule has 1 aromatic heterocycles. The Labute approximate surface area is 135 Å². The number of hydrogen-bond acceptors (Lipinski definition) is 4. The molecule has 114 valence electrons. The van der Waals surface area contributed by atoms with E-state index in [2.05, 4.69) is 39.4 Å². The van der Waals surface area contributed by atoms with Gasteiger partial charge >= 0.3 is 0 Å². The van der Waals surface area contributed by atoms with Crippen LogP contribution in [-0.2, 0) is 13.0 Å². The third kappa shape index (κ3) is 2.75. The lowest BCUT2D eigenvalue weighted by atomic mass is 10.00. The fourth-order valence-electron chi connectivity index (χ4n) is 3.04. The maximum absolute atomic E-state index is 5.83. The third-order valence-electron chi connectivity index (χ3n) is 4.29. The van der Waals surface area contributed by atoms with Crippen molar-refractivity contribution in [3.05, 3.63) is 71.8 Å². The maximum Gasteiger partial charge on any atom is 0.151 e. The van der Waals surface area contributed by atoms with Gasteiger partial charge in [0.15, 0.2) is 5.82 Å². The molecular formula is C19H18N4. The van der Waals surface area contributed by atoms with Gasteiger partial charge in [-0.3, -0.25) is 0 Å². The Morgan fingerprint density at radius 3 is 2.52 bits per heavy atom. The average Bonchev–Trinajstić information content (AvgIpc) is 2.61. The summed E-state index contributed by atoms with van der Waals surface area (Å²) in [5.74, 6) is 0.923. The standard InChI is InChI=1S/C19H18N4/c20-17-7-3-6-15(12-17)18-8-9-19(22-21-18)23-11-10-14-4-1-2-5-16(14)13-23/h1-9,12H,10-11,13,20H2. The Hall–Kier alpha value is -2.88. The van der Waals surface area contributed by atoms with Crippen LogP contribution in [0.1, 0.15) is 11.1 Å². The molecule has 4 heteroatoms. The number of nitrogen functional groups attached to an aromatic ring is 1. The van der Waals surface area contributed by atoms with E-state index in [1.807, 2.05) is 36.4 Å². The summed E-state index contributed by atoms with van der Waals surface area (Å²) < 4.78 is 0. The van der Waals surface area contributed by atoms with Crippen LogP contribution < -0.4 is 10.6 Å². The zero-order valence-corrected chi connectivity index (χ0v) is 12.8. The van der Waals surface area contributed by atoms with E-state index >= 15 is 0 Å². The molecule has 2 N–H and O–H groups in total. The van der Waals surface area contributed by atoms with Crippen LogP contribution in [0, 0.1) is 0 Å². The van der Waals surface area contributed by atoms with Gasteiger partial charge in [0.25, 0.3) is 0 Å². The first-order valence-corrected chi connectivity index (χ1v) is 7.81. The van der Waals surface area contributed by atoms with Crippen molar-refractivity contribution in [2.75, 3.05) is 17.2 Å². The molecule has 0 spiro atoms. The first kappa shape index (κ1) is 13.8. The highest BCUT2D eigenvalue weighted by Crippen LogP contribution is 2.24. The smallest absolute Gasteiger partial charge is 0.151 e. The SMILES string of the molecule is Nc1cccc(-c2ccc(N3CCc4ccccc4C3)nn2)c1. The molecule has 0 unspecified atom stereocenters. The molecule has 0 saturated carbocycles. The fourth-order valence-corrected chi connectivity index (χ4v) is 3.04. The second kappa shape index (κ2) is 5.72. The number of nitrogens with two attached hydrogens (primary N) is 1. The third-order valence-corrected chi connectivity index (χ3v) is 4.29. The Balaban J connectivity index is 1.57. The van der Waals surface area contributed by atoms with Crippen molar-refractivity contribution in [1.29, 1.82) is 0 Å². The largest absolute Gasteiger partial charge is 0.399 e. The summed E-state index contributed by atoms with van der Waals surface area (Å²) in [7, 11) is 0. The van der Waals surface area contributed by atoms with Gasteiger partial charge in [-0.25, -0.2) is 0 Å². The lowest BCUT2D eigenvalue weighted by molar-refractivity contribution is 0.713. The summed E-state index contributed by atoms with van der Waals surface area (Å²) in [6, 6.07) is 20.4. The van der Waals surface area contributed by atoms with Crippen LogP contribution in [0.25, 0.3) is 11.3 Å². The molecule has 1 aliphatic rings. The molecule has 4 rings (SSSR count). The van der Waals surface area contributed by atoms with Gasteiger partial charge < -0.3 is 10.6 Å². The number of rotatable bonds is 2. The molecule has 2 aromatic carbocycles. The molecule has 0 saturated heterocycles. The average molecular weight is 302 g/mol. The van der Waals surface area contributed by atoms with E-state index in [-0.39, 0.29) is 0 Å². The van der Waals surface area contributed by atoms with E-state index in [1.165, 1.54) is 11.1 Å². The lowest BCUT2D eigenvalue weighted by Gasteiger charge is -2.29. The molecule has 0 bridgehead atoms. The van der Waals surface area contributed by atoms with Crippen LogP contribution in [0.2, 0.25) is 0 Å². The second-order valence-electron chi connectivity index (χ2n) is 5.84. The van der Waals surface area contributed by atoms with E-state index in [4.69, 9.17) is 5.73 Å². The molecular weight excluding hydrogens is 284 g/mol.